The van der Waals surface area contributed by atoms with Crippen LogP contribution in [-0.2, 0) is 11.3 Å². The molecule has 0 heterocycles. The van der Waals surface area contributed by atoms with Crippen LogP contribution in [-0.4, -0.2) is 24.9 Å². The Bertz CT molecular complexity index is 446. The van der Waals surface area contributed by atoms with Crippen LogP contribution in [0.1, 0.15) is 19.4 Å². The summed E-state index contributed by atoms with van der Waals surface area (Å²) in [5.74, 6) is 0.335. The second-order valence-electron chi connectivity index (χ2n) is 4.75. The molecule has 0 aliphatic rings. The van der Waals surface area contributed by atoms with Crippen LogP contribution < -0.4 is 16.0 Å². The van der Waals surface area contributed by atoms with Crippen molar-refractivity contribution in [2.75, 3.05) is 19.0 Å². The summed E-state index contributed by atoms with van der Waals surface area (Å²) in [5.41, 5.74) is 1.89. The fourth-order valence-electron chi connectivity index (χ4n) is 1.37. The highest BCUT2D eigenvalue weighted by Gasteiger charge is 2.03. The fourth-order valence-corrected chi connectivity index (χ4v) is 1.48. The summed E-state index contributed by atoms with van der Waals surface area (Å²) in [5, 5.41) is 9.13. The summed E-state index contributed by atoms with van der Waals surface area (Å²) in [6, 6.07) is 7.65. The number of anilines is 1. The largest absolute Gasteiger partial charge is 0.449 e. The van der Waals surface area contributed by atoms with Gasteiger partial charge in [-0.25, -0.2) is 4.79 Å². The van der Waals surface area contributed by atoms with E-state index in [9.17, 15) is 4.79 Å². The van der Waals surface area contributed by atoms with Gasteiger partial charge in [-0.2, -0.15) is 0 Å². The molecule has 1 amide bonds. The summed E-state index contributed by atoms with van der Waals surface area (Å²) in [7, 11) is 1.76. The number of nitrogens with one attached hydrogen (secondary N) is 3. The number of amides is 1. The van der Waals surface area contributed by atoms with Crippen LogP contribution in [0.25, 0.3) is 0 Å². The van der Waals surface area contributed by atoms with Crippen LogP contribution in [0.3, 0.4) is 0 Å². The first-order valence-corrected chi connectivity index (χ1v) is 6.90. The highest BCUT2D eigenvalue weighted by Crippen LogP contribution is 2.09. The maximum atomic E-state index is 11.4. The molecule has 0 aliphatic carbocycles. The summed E-state index contributed by atoms with van der Waals surface area (Å²) in [6.07, 6.45) is -0.391. The van der Waals surface area contributed by atoms with Gasteiger partial charge in [-0.1, -0.05) is 26.0 Å². The van der Waals surface area contributed by atoms with Crippen molar-refractivity contribution < 1.29 is 9.53 Å². The van der Waals surface area contributed by atoms with Crippen molar-refractivity contribution in [3.05, 3.63) is 29.8 Å². The van der Waals surface area contributed by atoms with Gasteiger partial charge >= 0.3 is 6.09 Å². The zero-order valence-corrected chi connectivity index (χ0v) is 12.8. The number of rotatable bonds is 5. The zero-order valence-electron chi connectivity index (χ0n) is 12.0. The van der Waals surface area contributed by atoms with E-state index in [1.165, 1.54) is 0 Å². The van der Waals surface area contributed by atoms with E-state index in [2.05, 4.69) is 16.0 Å². The number of thiocarbonyl (C=S) groups is 1. The van der Waals surface area contributed by atoms with E-state index in [0.29, 0.717) is 24.2 Å². The van der Waals surface area contributed by atoms with Crippen LogP contribution in [0.4, 0.5) is 10.5 Å². The molecule has 110 valence electrons. The molecule has 0 aromatic heterocycles. The van der Waals surface area contributed by atoms with Crippen molar-refractivity contribution in [1.82, 2.24) is 10.6 Å². The van der Waals surface area contributed by atoms with Crippen molar-refractivity contribution in [1.29, 1.82) is 0 Å². The van der Waals surface area contributed by atoms with Crippen LogP contribution in [0, 0.1) is 5.92 Å². The lowest BCUT2D eigenvalue weighted by atomic mass is 10.2. The van der Waals surface area contributed by atoms with Crippen molar-refractivity contribution >= 4 is 29.1 Å². The number of carbonyl (C=O) groups is 1. The lowest BCUT2D eigenvalue weighted by molar-refractivity contribution is 0.132. The van der Waals surface area contributed by atoms with E-state index in [4.69, 9.17) is 17.0 Å². The maximum Gasteiger partial charge on any atom is 0.407 e. The van der Waals surface area contributed by atoms with E-state index in [0.717, 1.165) is 11.3 Å². The van der Waals surface area contributed by atoms with E-state index >= 15 is 0 Å². The van der Waals surface area contributed by atoms with Gasteiger partial charge in [0, 0.05) is 19.3 Å². The molecule has 20 heavy (non-hydrogen) atoms. The lowest BCUT2D eigenvalue weighted by Gasteiger charge is -2.10. The Balaban J connectivity index is 2.38. The molecule has 0 aliphatic heterocycles. The van der Waals surface area contributed by atoms with E-state index in [1.807, 2.05) is 38.1 Å². The molecule has 0 atom stereocenters. The smallest absolute Gasteiger partial charge is 0.407 e. The average molecular weight is 295 g/mol. The van der Waals surface area contributed by atoms with Crippen molar-refractivity contribution in [2.45, 2.75) is 20.4 Å². The van der Waals surface area contributed by atoms with Gasteiger partial charge < -0.3 is 20.7 Å². The monoisotopic (exact) mass is 295 g/mol. The lowest BCUT2D eigenvalue weighted by Crippen LogP contribution is -2.25. The van der Waals surface area contributed by atoms with Crippen LogP contribution >= 0.6 is 12.2 Å². The van der Waals surface area contributed by atoms with Crippen LogP contribution in [0.2, 0.25) is 0 Å². The summed E-state index contributed by atoms with van der Waals surface area (Å²) in [4.78, 5) is 11.4. The van der Waals surface area contributed by atoms with Crippen LogP contribution in [0.5, 0.6) is 0 Å². The Morgan fingerprint density at radius 1 is 1.30 bits per heavy atom. The van der Waals surface area contributed by atoms with Gasteiger partial charge in [0.15, 0.2) is 5.11 Å². The highest BCUT2D eigenvalue weighted by atomic mass is 32.1. The number of hydrogen-bond acceptors (Lipinski definition) is 3. The minimum Gasteiger partial charge on any atom is -0.449 e. The Morgan fingerprint density at radius 3 is 2.50 bits per heavy atom. The molecule has 0 bridgehead atoms. The molecule has 0 saturated carbocycles. The van der Waals surface area contributed by atoms with Crippen LogP contribution in [0.15, 0.2) is 24.3 Å². The molecule has 0 radical (unpaired) electrons. The first kappa shape index (κ1) is 16.2. The Labute approximate surface area is 125 Å². The summed E-state index contributed by atoms with van der Waals surface area (Å²) >= 11 is 5.01. The molecule has 3 N–H and O–H groups in total. The van der Waals surface area contributed by atoms with Gasteiger partial charge in [-0.05, 0) is 35.8 Å². The first-order valence-electron chi connectivity index (χ1n) is 6.49. The fraction of sp³-hybridized carbons (Fsp3) is 0.429. The summed E-state index contributed by atoms with van der Waals surface area (Å²) < 4.78 is 5.03. The molecule has 5 nitrogen and oxygen atoms in total. The quantitative estimate of drug-likeness (QED) is 0.729. The first-order chi connectivity index (χ1) is 9.51. The third-order valence-electron chi connectivity index (χ3n) is 2.42. The van der Waals surface area contributed by atoms with Crippen molar-refractivity contribution in [3.8, 4) is 0 Å². The molecule has 0 spiro atoms. The topological polar surface area (TPSA) is 62.4 Å². The minimum absolute atomic E-state index is 0.335. The Hall–Kier alpha value is -1.82. The Kier molecular flexibility index (Phi) is 6.79. The predicted octanol–water partition coefficient (Wildman–Crippen LogP) is 2.49. The molecule has 6 heteroatoms. The average Bonchev–Trinajstić information content (AvgIpc) is 2.44. The van der Waals surface area contributed by atoms with Crippen molar-refractivity contribution in [3.63, 3.8) is 0 Å². The standard InChI is InChI=1S/C14H21N3O2S/c1-10(2)9-19-14(18)16-8-11-4-6-12(7-5-11)17-13(20)15-3/h4-7,10H,8-9H2,1-3H3,(H,16,18)(H2,15,17,20). The third-order valence-corrected chi connectivity index (χ3v) is 2.73. The SMILES string of the molecule is CNC(=S)Nc1ccc(CNC(=O)OCC(C)C)cc1. The molecule has 0 fully saturated rings. The van der Waals surface area contributed by atoms with E-state index in [-0.39, 0.29) is 0 Å². The highest BCUT2D eigenvalue weighted by molar-refractivity contribution is 7.80. The molecular weight excluding hydrogens is 274 g/mol. The molecule has 1 aromatic carbocycles. The Morgan fingerprint density at radius 2 is 1.95 bits per heavy atom. The molecule has 1 aromatic rings. The number of benzene rings is 1. The van der Waals surface area contributed by atoms with E-state index < -0.39 is 6.09 Å². The second-order valence-corrected chi connectivity index (χ2v) is 5.16. The normalized spacial score (nSPS) is 10.0. The number of hydrogen-bond donors (Lipinski definition) is 3. The van der Waals surface area contributed by atoms with Gasteiger partial charge in [0.25, 0.3) is 0 Å². The van der Waals surface area contributed by atoms with Crippen molar-refractivity contribution in [2.24, 2.45) is 5.92 Å². The number of carbonyl (C=O) groups excluding carboxylic acids is 1. The minimum atomic E-state index is -0.391. The van der Waals surface area contributed by atoms with E-state index in [1.54, 1.807) is 7.05 Å². The van der Waals surface area contributed by atoms with Gasteiger partial charge in [0.1, 0.15) is 0 Å². The maximum absolute atomic E-state index is 11.4. The second kappa shape index (κ2) is 8.37. The van der Waals surface area contributed by atoms with Gasteiger partial charge in [0.05, 0.1) is 6.61 Å². The van der Waals surface area contributed by atoms with Gasteiger partial charge in [-0.3, -0.25) is 0 Å². The molecule has 0 unspecified atom stereocenters. The molecule has 0 saturated heterocycles. The predicted molar refractivity (Wildman–Crippen MR) is 84.7 cm³/mol. The molecular formula is C14H21N3O2S. The number of alkyl carbamates (subject to hydrolysis) is 1. The van der Waals surface area contributed by atoms with Gasteiger partial charge in [0.2, 0.25) is 0 Å². The van der Waals surface area contributed by atoms with Gasteiger partial charge in [-0.15, -0.1) is 0 Å². The third kappa shape index (κ3) is 6.38. The summed E-state index contributed by atoms with van der Waals surface area (Å²) in [6.45, 7) is 4.85. The number of ether oxygens (including phenoxy) is 1. The molecule has 1 rings (SSSR count). The zero-order chi connectivity index (χ0) is 15.0.